The molecule has 1 amide bonds. The first-order valence-electron chi connectivity index (χ1n) is 9.10. The first-order valence-corrected chi connectivity index (χ1v) is 11.5. The highest BCUT2D eigenvalue weighted by atomic mass is 35.5. The topological polar surface area (TPSA) is 66.5 Å². The molecule has 1 aliphatic heterocycles. The summed E-state index contributed by atoms with van der Waals surface area (Å²) in [6.07, 6.45) is 0.548. The zero-order valence-electron chi connectivity index (χ0n) is 15.4. The summed E-state index contributed by atoms with van der Waals surface area (Å²) < 4.78 is 26.6. The monoisotopic (exact) mass is 440 g/mol. The Balaban J connectivity index is 1.86. The van der Waals surface area contributed by atoms with Crippen molar-refractivity contribution in [1.29, 1.82) is 0 Å². The van der Waals surface area contributed by atoms with Gasteiger partial charge in [0.25, 0.3) is 5.91 Å². The lowest BCUT2D eigenvalue weighted by Gasteiger charge is -2.20. The molecule has 0 bridgehead atoms. The molecular formula is C20H22Cl2N2O3S. The molecule has 2 unspecified atom stereocenters. The summed E-state index contributed by atoms with van der Waals surface area (Å²) in [6, 6.07) is 13.9. The van der Waals surface area contributed by atoms with E-state index in [0.717, 1.165) is 5.56 Å². The number of hydrogen-bond acceptors (Lipinski definition) is 3. The number of nitrogens with zero attached hydrogens (tertiary/aromatic N) is 1. The van der Waals surface area contributed by atoms with Crippen molar-refractivity contribution in [3.05, 3.63) is 69.7 Å². The zero-order valence-corrected chi connectivity index (χ0v) is 17.8. The minimum absolute atomic E-state index is 0.0963. The normalized spacial score (nSPS) is 20.2. The van der Waals surface area contributed by atoms with Gasteiger partial charge in [-0.3, -0.25) is 4.79 Å². The molecule has 2 aromatic carbocycles. The van der Waals surface area contributed by atoms with Gasteiger partial charge in [0.05, 0.1) is 11.8 Å². The van der Waals surface area contributed by atoms with E-state index in [0.29, 0.717) is 28.6 Å². The predicted molar refractivity (Wildman–Crippen MR) is 113 cm³/mol. The number of hydrogen-bond donors (Lipinski definition) is 1. The minimum atomic E-state index is -3.36. The van der Waals surface area contributed by atoms with Gasteiger partial charge < -0.3 is 5.32 Å². The van der Waals surface area contributed by atoms with Crippen LogP contribution in [0.4, 0.5) is 0 Å². The van der Waals surface area contributed by atoms with Crippen molar-refractivity contribution in [3.8, 4) is 0 Å². The molecule has 0 saturated carbocycles. The van der Waals surface area contributed by atoms with Crippen LogP contribution in [0, 0.1) is 0 Å². The number of halogens is 2. The van der Waals surface area contributed by atoms with Crippen LogP contribution in [0.1, 0.15) is 35.2 Å². The average molecular weight is 441 g/mol. The van der Waals surface area contributed by atoms with Gasteiger partial charge in [0.15, 0.2) is 0 Å². The van der Waals surface area contributed by atoms with Gasteiger partial charge in [-0.25, -0.2) is 8.42 Å². The van der Waals surface area contributed by atoms with Crippen LogP contribution < -0.4 is 5.32 Å². The molecule has 2 aromatic rings. The van der Waals surface area contributed by atoms with Crippen molar-refractivity contribution in [2.45, 2.75) is 25.3 Å². The lowest BCUT2D eigenvalue weighted by molar-refractivity contribution is 0.0936. The summed E-state index contributed by atoms with van der Waals surface area (Å²) in [5.74, 6) is -0.365. The highest BCUT2D eigenvalue weighted by Crippen LogP contribution is 2.30. The number of amides is 1. The van der Waals surface area contributed by atoms with Gasteiger partial charge in [-0.2, -0.15) is 4.31 Å². The molecule has 0 aromatic heterocycles. The first kappa shape index (κ1) is 21.1. The van der Waals surface area contributed by atoms with Crippen LogP contribution >= 0.6 is 23.2 Å². The van der Waals surface area contributed by atoms with E-state index < -0.39 is 10.0 Å². The van der Waals surface area contributed by atoms with Crippen molar-refractivity contribution in [1.82, 2.24) is 9.62 Å². The Morgan fingerprint density at radius 3 is 2.36 bits per heavy atom. The molecule has 5 nitrogen and oxygen atoms in total. The Morgan fingerprint density at radius 2 is 1.75 bits per heavy atom. The molecule has 0 spiro atoms. The second kappa shape index (κ2) is 8.82. The second-order valence-corrected chi connectivity index (χ2v) is 9.85. The lowest BCUT2D eigenvalue weighted by Crippen LogP contribution is -2.40. The number of rotatable bonds is 6. The fourth-order valence-electron chi connectivity index (χ4n) is 3.50. The van der Waals surface area contributed by atoms with Crippen molar-refractivity contribution in [3.63, 3.8) is 0 Å². The molecular weight excluding hydrogens is 419 g/mol. The molecule has 1 saturated heterocycles. The van der Waals surface area contributed by atoms with Crippen LogP contribution in [-0.2, 0) is 10.0 Å². The molecule has 2 atom stereocenters. The van der Waals surface area contributed by atoms with E-state index in [1.807, 2.05) is 37.3 Å². The summed E-state index contributed by atoms with van der Waals surface area (Å²) in [5, 5.41) is 3.72. The third kappa shape index (κ3) is 4.87. The highest BCUT2D eigenvalue weighted by molar-refractivity contribution is 7.89. The largest absolute Gasteiger partial charge is 0.347 e. The fraction of sp³-hybridized carbons (Fsp3) is 0.350. The van der Waals surface area contributed by atoms with Crippen molar-refractivity contribution < 1.29 is 13.2 Å². The first-order chi connectivity index (χ1) is 13.3. The number of sulfonamides is 1. The summed E-state index contributed by atoms with van der Waals surface area (Å²) in [5.41, 5.74) is 1.34. The smallest absolute Gasteiger partial charge is 0.251 e. The maximum Gasteiger partial charge on any atom is 0.251 e. The summed E-state index contributed by atoms with van der Waals surface area (Å²) in [6.45, 7) is 2.42. The van der Waals surface area contributed by atoms with Gasteiger partial charge in [-0.05, 0) is 30.2 Å². The van der Waals surface area contributed by atoms with Gasteiger partial charge in [0.2, 0.25) is 10.0 Å². The van der Waals surface area contributed by atoms with Crippen LogP contribution in [0.15, 0.2) is 48.5 Å². The molecule has 1 heterocycles. The number of nitrogens with one attached hydrogen (secondary N) is 1. The number of carbonyl (C=O) groups is 1. The SMILES string of the molecule is CCCS(=O)(=O)N1CC(NC(=O)c2cc(Cl)cc(Cl)c2)C(c2ccccc2)C1. The van der Waals surface area contributed by atoms with Gasteiger partial charge in [-0.1, -0.05) is 60.5 Å². The third-order valence-electron chi connectivity index (χ3n) is 4.81. The molecule has 0 radical (unpaired) electrons. The van der Waals surface area contributed by atoms with E-state index in [4.69, 9.17) is 23.2 Å². The minimum Gasteiger partial charge on any atom is -0.347 e. The molecule has 1 aliphatic rings. The Labute approximate surface area is 175 Å². The van der Waals surface area contributed by atoms with Crippen LogP contribution in [0.5, 0.6) is 0 Å². The Morgan fingerprint density at radius 1 is 1.11 bits per heavy atom. The molecule has 1 fully saturated rings. The molecule has 28 heavy (non-hydrogen) atoms. The van der Waals surface area contributed by atoms with Gasteiger partial charge >= 0.3 is 0 Å². The maximum absolute atomic E-state index is 12.8. The summed E-state index contributed by atoms with van der Waals surface area (Å²) in [4.78, 5) is 12.8. The van der Waals surface area contributed by atoms with Crippen molar-refractivity contribution in [2.75, 3.05) is 18.8 Å². The molecule has 1 N–H and O–H groups in total. The molecule has 8 heteroatoms. The Kier molecular flexibility index (Phi) is 6.65. The van der Waals surface area contributed by atoms with Crippen LogP contribution in [0.3, 0.4) is 0 Å². The molecule has 3 rings (SSSR count). The van der Waals surface area contributed by atoms with E-state index in [1.54, 1.807) is 18.2 Å². The second-order valence-electron chi connectivity index (χ2n) is 6.89. The Hall–Kier alpha value is -1.60. The van der Waals surface area contributed by atoms with E-state index in [9.17, 15) is 13.2 Å². The maximum atomic E-state index is 12.8. The van der Waals surface area contributed by atoms with Crippen molar-refractivity contribution in [2.24, 2.45) is 0 Å². The van der Waals surface area contributed by atoms with Gasteiger partial charge in [0.1, 0.15) is 0 Å². The quantitative estimate of drug-likeness (QED) is 0.739. The average Bonchev–Trinajstić information content (AvgIpc) is 3.06. The molecule has 0 aliphatic carbocycles. The zero-order chi connectivity index (χ0) is 20.3. The molecule has 150 valence electrons. The standard InChI is InChI=1S/C20H22Cl2N2O3S/c1-2-8-28(26,27)24-12-18(14-6-4-3-5-7-14)19(13-24)23-20(25)15-9-16(21)11-17(22)10-15/h3-7,9-11,18-19H,2,8,12-13H2,1H3,(H,23,25). The number of carbonyl (C=O) groups excluding carboxylic acids is 1. The van der Waals surface area contributed by atoms with E-state index in [1.165, 1.54) is 4.31 Å². The van der Waals surface area contributed by atoms with Crippen LogP contribution in [0.2, 0.25) is 10.0 Å². The lowest BCUT2D eigenvalue weighted by atomic mass is 9.94. The summed E-state index contributed by atoms with van der Waals surface area (Å²) >= 11 is 12.0. The van der Waals surface area contributed by atoms with E-state index in [-0.39, 0.29) is 30.2 Å². The number of benzene rings is 2. The van der Waals surface area contributed by atoms with Gasteiger partial charge in [0, 0.05) is 34.6 Å². The van der Waals surface area contributed by atoms with Crippen LogP contribution in [0.25, 0.3) is 0 Å². The third-order valence-corrected chi connectivity index (χ3v) is 7.26. The van der Waals surface area contributed by atoms with E-state index in [2.05, 4.69) is 5.32 Å². The van der Waals surface area contributed by atoms with Gasteiger partial charge in [-0.15, -0.1) is 0 Å². The Bertz CT molecular complexity index is 931. The highest BCUT2D eigenvalue weighted by Gasteiger charge is 2.39. The fourth-order valence-corrected chi connectivity index (χ4v) is 5.58. The van der Waals surface area contributed by atoms with Crippen LogP contribution in [-0.4, -0.2) is 43.5 Å². The van der Waals surface area contributed by atoms with Crippen molar-refractivity contribution >= 4 is 39.1 Å². The summed E-state index contributed by atoms with van der Waals surface area (Å²) in [7, 11) is -3.36. The van der Waals surface area contributed by atoms with E-state index >= 15 is 0 Å². The predicted octanol–water partition coefficient (Wildman–Crippen LogP) is 3.93.